The first-order chi connectivity index (χ1) is 8.20. The molecule has 0 aliphatic heterocycles. The molecule has 0 amide bonds. The monoisotopic (exact) mass is 255 g/mol. The molecule has 17 heavy (non-hydrogen) atoms. The van der Waals surface area contributed by atoms with Crippen LogP contribution in [0, 0.1) is 12.8 Å². The lowest BCUT2D eigenvalue weighted by atomic mass is 10.1. The SMILES string of the molecule is CONCc1cc(C)cc(Cl)c1OCC1CC1. The van der Waals surface area contributed by atoms with Gasteiger partial charge in [0.15, 0.2) is 0 Å². The van der Waals surface area contributed by atoms with Crippen molar-refractivity contribution in [3.05, 3.63) is 28.3 Å². The molecule has 4 heteroatoms. The van der Waals surface area contributed by atoms with E-state index in [1.807, 2.05) is 13.0 Å². The second kappa shape index (κ2) is 5.71. The number of hydrogen-bond acceptors (Lipinski definition) is 3. The molecule has 0 unspecified atom stereocenters. The second-order valence-corrected chi connectivity index (χ2v) is 4.92. The van der Waals surface area contributed by atoms with Crippen molar-refractivity contribution < 1.29 is 9.57 Å². The van der Waals surface area contributed by atoms with Gasteiger partial charge in [-0.05, 0) is 37.3 Å². The predicted octanol–water partition coefficient (Wildman–Crippen LogP) is 3.09. The van der Waals surface area contributed by atoms with Gasteiger partial charge < -0.3 is 9.57 Å². The second-order valence-electron chi connectivity index (χ2n) is 4.51. The molecule has 2 rings (SSSR count). The topological polar surface area (TPSA) is 30.5 Å². The highest BCUT2D eigenvalue weighted by molar-refractivity contribution is 6.32. The number of halogens is 1. The summed E-state index contributed by atoms with van der Waals surface area (Å²) in [6.07, 6.45) is 2.55. The van der Waals surface area contributed by atoms with Gasteiger partial charge in [-0.25, -0.2) is 0 Å². The lowest BCUT2D eigenvalue weighted by molar-refractivity contribution is 0.0859. The van der Waals surface area contributed by atoms with Gasteiger partial charge in [-0.3, -0.25) is 0 Å². The fourth-order valence-electron chi connectivity index (χ4n) is 1.73. The minimum Gasteiger partial charge on any atom is -0.491 e. The molecule has 0 bridgehead atoms. The molecule has 1 saturated carbocycles. The van der Waals surface area contributed by atoms with Crippen molar-refractivity contribution in [1.82, 2.24) is 5.48 Å². The summed E-state index contributed by atoms with van der Waals surface area (Å²) in [5, 5.41) is 0.679. The highest BCUT2D eigenvalue weighted by Crippen LogP contribution is 2.34. The summed E-state index contributed by atoms with van der Waals surface area (Å²) in [6.45, 7) is 3.38. The van der Waals surface area contributed by atoms with Gasteiger partial charge in [-0.15, -0.1) is 0 Å². The Hall–Kier alpha value is -0.770. The number of aryl methyl sites for hydroxylation is 1. The highest BCUT2D eigenvalue weighted by atomic mass is 35.5. The van der Waals surface area contributed by atoms with Crippen molar-refractivity contribution in [1.29, 1.82) is 0 Å². The first-order valence-electron chi connectivity index (χ1n) is 5.88. The summed E-state index contributed by atoms with van der Waals surface area (Å²) in [5.74, 6) is 1.50. The van der Waals surface area contributed by atoms with Gasteiger partial charge in [-0.1, -0.05) is 17.7 Å². The Morgan fingerprint density at radius 3 is 2.82 bits per heavy atom. The first-order valence-corrected chi connectivity index (χ1v) is 6.26. The molecule has 1 aliphatic rings. The quantitative estimate of drug-likeness (QED) is 0.793. The smallest absolute Gasteiger partial charge is 0.142 e. The molecule has 0 atom stereocenters. The van der Waals surface area contributed by atoms with E-state index in [0.29, 0.717) is 11.6 Å². The summed E-state index contributed by atoms with van der Waals surface area (Å²) < 4.78 is 5.82. The van der Waals surface area contributed by atoms with E-state index < -0.39 is 0 Å². The van der Waals surface area contributed by atoms with Gasteiger partial charge in [-0.2, -0.15) is 5.48 Å². The van der Waals surface area contributed by atoms with Gasteiger partial charge in [0.1, 0.15) is 5.75 Å². The minimum atomic E-state index is 0.595. The third-order valence-electron chi connectivity index (χ3n) is 2.83. The third kappa shape index (κ3) is 3.60. The molecule has 1 aliphatic carbocycles. The maximum Gasteiger partial charge on any atom is 0.142 e. The highest BCUT2D eigenvalue weighted by Gasteiger charge is 2.23. The molecular weight excluding hydrogens is 238 g/mol. The van der Waals surface area contributed by atoms with Gasteiger partial charge in [0.25, 0.3) is 0 Å². The van der Waals surface area contributed by atoms with Crippen molar-refractivity contribution in [3.8, 4) is 5.75 Å². The summed E-state index contributed by atoms with van der Waals surface area (Å²) in [4.78, 5) is 4.87. The first kappa shape index (κ1) is 12.7. The molecule has 1 aromatic carbocycles. The van der Waals surface area contributed by atoms with E-state index in [1.54, 1.807) is 7.11 Å². The number of ether oxygens (including phenoxy) is 1. The molecule has 0 radical (unpaired) electrons. The van der Waals surface area contributed by atoms with Crippen molar-refractivity contribution >= 4 is 11.6 Å². The average Bonchev–Trinajstić information content (AvgIpc) is 3.08. The largest absolute Gasteiger partial charge is 0.491 e. The molecule has 0 spiro atoms. The van der Waals surface area contributed by atoms with Crippen LogP contribution in [-0.4, -0.2) is 13.7 Å². The Balaban J connectivity index is 2.12. The van der Waals surface area contributed by atoms with E-state index in [1.165, 1.54) is 12.8 Å². The van der Waals surface area contributed by atoms with Crippen LogP contribution in [0.5, 0.6) is 5.75 Å². The Morgan fingerprint density at radius 1 is 1.41 bits per heavy atom. The van der Waals surface area contributed by atoms with Crippen LogP contribution in [-0.2, 0) is 11.4 Å². The number of rotatable bonds is 6. The predicted molar refractivity (Wildman–Crippen MR) is 68.3 cm³/mol. The van der Waals surface area contributed by atoms with Crippen LogP contribution in [0.25, 0.3) is 0 Å². The number of hydroxylamine groups is 1. The van der Waals surface area contributed by atoms with Gasteiger partial charge in [0, 0.05) is 12.1 Å². The number of benzene rings is 1. The summed E-state index contributed by atoms with van der Waals surface area (Å²) in [7, 11) is 1.60. The van der Waals surface area contributed by atoms with E-state index in [-0.39, 0.29) is 0 Å². The molecule has 0 heterocycles. The molecule has 3 nitrogen and oxygen atoms in total. The van der Waals surface area contributed by atoms with E-state index in [2.05, 4.69) is 11.5 Å². The summed E-state index contributed by atoms with van der Waals surface area (Å²) in [5.41, 5.74) is 4.99. The normalized spacial score (nSPS) is 15.0. The van der Waals surface area contributed by atoms with Gasteiger partial charge in [0.05, 0.1) is 18.7 Å². The minimum absolute atomic E-state index is 0.595. The van der Waals surface area contributed by atoms with E-state index in [4.69, 9.17) is 21.2 Å². The average molecular weight is 256 g/mol. The van der Waals surface area contributed by atoms with Crippen LogP contribution in [0.1, 0.15) is 24.0 Å². The zero-order valence-electron chi connectivity index (χ0n) is 10.3. The van der Waals surface area contributed by atoms with E-state index >= 15 is 0 Å². The third-order valence-corrected chi connectivity index (χ3v) is 3.11. The lowest BCUT2D eigenvalue weighted by Crippen LogP contribution is -2.13. The van der Waals surface area contributed by atoms with E-state index in [0.717, 1.165) is 29.4 Å². The van der Waals surface area contributed by atoms with E-state index in [9.17, 15) is 0 Å². The van der Waals surface area contributed by atoms with Gasteiger partial charge in [0.2, 0.25) is 0 Å². The molecular formula is C13H18ClNO2. The van der Waals surface area contributed by atoms with Crippen LogP contribution in [0.2, 0.25) is 5.02 Å². The standard InChI is InChI=1S/C13H18ClNO2/c1-9-5-11(7-15-16-2)13(12(14)6-9)17-8-10-3-4-10/h5-6,10,15H,3-4,7-8H2,1-2H3. The lowest BCUT2D eigenvalue weighted by Gasteiger charge is -2.14. The maximum absolute atomic E-state index is 6.22. The van der Waals surface area contributed by atoms with Crippen molar-refractivity contribution in [2.45, 2.75) is 26.3 Å². The summed E-state index contributed by atoms with van der Waals surface area (Å²) in [6, 6.07) is 4.00. The number of hydrogen-bond donors (Lipinski definition) is 1. The zero-order chi connectivity index (χ0) is 12.3. The molecule has 0 aromatic heterocycles. The Labute approximate surface area is 107 Å². The van der Waals surface area contributed by atoms with Crippen molar-refractivity contribution in [2.75, 3.05) is 13.7 Å². The fourth-order valence-corrected chi connectivity index (χ4v) is 2.08. The molecule has 1 aromatic rings. The fraction of sp³-hybridized carbons (Fsp3) is 0.538. The van der Waals surface area contributed by atoms with Crippen LogP contribution >= 0.6 is 11.6 Å². The van der Waals surface area contributed by atoms with Crippen molar-refractivity contribution in [2.24, 2.45) is 5.92 Å². The maximum atomic E-state index is 6.22. The van der Waals surface area contributed by atoms with Crippen LogP contribution in [0.4, 0.5) is 0 Å². The van der Waals surface area contributed by atoms with Gasteiger partial charge >= 0.3 is 0 Å². The Bertz CT molecular complexity index is 391. The van der Waals surface area contributed by atoms with Crippen LogP contribution in [0.3, 0.4) is 0 Å². The molecule has 1 N–H and O–H groups in total. The van der Waals surface area contributed by atoms with Crippen LogP contribution < -0.4 is 10.2 Å². The Kier molecular flexibility index (Phi) is 4.26. The summed E-state index contributed by atoms with van der Waals surface area (Å²) >= 11 is 6.22. The number of nitrogens with one attached hydrogen (secondary N) is 1. The molecule has 94 valence electrons. The zero-order valence-corrected chi connectivity index (χ0v) is 11.0. The van der Waals surface area contributed by atoms with Crippen molar-refractivity contribution in [3.63, 3.8) is 0 Å². The molecule has 1 fully saturated rings. The molecule has 0 saturated heterocycles. The Morgan fingerprint density at radius 2 is 2.18 bits per heavy atom. The van der Waals surface area contributed by atoms with Crippen LogP contribution in [0.15, 0.2) is 12.1 Å².